The summed E-state index contributed by atoms with van der Waals surface area (Å²) in [4.78, 5) is 12.8. The number of nitrogens with zero attached hydrogens (tertiary/aromatic N) is 2. The molecule has 1 fully saturated rings. The maximum atomic E-state index is 10.8. The van der Waals surface area contributed by atoms with Gasteiger partial charge in [0.2, 0.25) is 0 Å². The Balaban J connectivity index is 1.95. The summed E-state index contributed by atoms with van der Waals surface area (Å²) in [6.07, 6.45) is 4.98. The molecule has 1 heterocycles. The maximum Gasteiger partial charge on any atom is 0.269 e. The lowest BCUT2D eigenvalue weighted by atomic mass is 10.1. The predicted molar refractivity (Wildman–Crippen MR) is 69.6 cm³/mol. The highest BCUT2D eigenvalue weighted by molar-refractivity contribution is 5.63. The maximum absolute atomic E-state index is 10.8. The SMILES string of the molecule is NC1CN(C2CCCC2)c2ccc([N+](=O)[O-])cc21. The summed E-state index contributed by atoms with van der Waals surface area (Å²) < 4.78 is 0. The summed E-state index contributed by atoms with van der Waals surface area (Å²) in [5.74, 6) is 0. The highest BCUT2D eigenvalue weighted by atomic mass is 16.6. The highest BCUT2D eigenvalue weighted by Gasteiger charge is 2.33. The standard InChI is InChI=1S/C13H17N3O2/c14-12-8-15(9-3-1-2-4-9)13-6-5-10(16(17)18)7-11(12)13/h5-7,9,12H,1-4,8,14H2. The first-order chi connectivity index (χ1) is 8.66. The van der Waals surface area contributed by atoms with Gasteiger partial charge in [-0.2, -0.15) is 0 Å². The van der Waals surface area contributed by atoms with E-state index in [1.165, 1.54) is 25.7 Å². The molecule has 1 unspecified atom stereocenters. The number of nitro benzene ring substituents is 1. The summed E-state index contributed by atoms with van der Waals surface area (Å²) in [5.41, 5.74) is 8.27. The molecule has 1 aromatic carbocycles. The smallest absolute Gasteiger partial charge is 0.269 e. The molecule has 1 aliphatic heterocycles. The van der Waals surface area contributed by atoms with Crippen LogP contribution in [0.5, 0.6) is 0 Å². The van der Waals surface area contributed by atoms with E-state index in [0.29, 0.717) is 6.04 Å². The summed E-state index contributed by atoms with van der Waals surface area (Å²) in [7, 11) is 0. The van der Waals surface area contributed by atoms with Crippen molar-refractivity contribution in [3.8, 4) is 0 Å². The zero-order valence-electron chi connectivity index (χ0n) is 10.2. The zero-order valence-corrected chi connectivity index (χ0v) is 10.2. The molecule has 2 N–H and O–H groups in total. The van der Waals surface area contributed by atoms with Gasteiger partial charge >= 0.3 is 0 Å². The van der Waals surface area contributed by atoms with Crippen molar-refractivity contribution < 1.29 is 4.92 Å². The Morgan fingerprint density at radius 1 is 1.33 bits per heavy atom. The third kappa shape index (κ3) is 1.75. The molecule has 0 radical (unpaired) electrons. The lowest BCUT2D eigenvalue weighted by Gasteiger charge is -2.26. The Labute approximate surface area is 106 Å². The monoisotopic (exact) mass is 247 g/mol. The molecule has 1 aliphatic carbocycles. The van der Waals surface area contributed by atoms with Gasteiger partial charge < -0.3 is 10.6 Å². The molecule has 2 aliphatic rings. The van der Waals surface area contributed by atoms with Gasteiger partial charge in [0.25, 0.3) is 5.69 Å². The molecule has 0 amide bonds. The van der Waals surface area contributed by atoms with E-state index in [1.54, 1.807) is 12.1 Å². The first kappa shape index (κ1) is 11.5. The van der Waals surface area contributed by atoms with Gasteiger partial charge in [-0.15, -0.1) is 0 Å². The van der Waals surface area contributed by atoms with E-state index in [1.807, 2.05) is 6.07 Å². The minimum Gasteiger partial charge on any atom is -0.366 e. The van der Waals surface area contributed by atoms with Crippen LogP contribution in [0.15, 0.2) is 18.2 Å². The van der Waals surface area contributed by atoms with Crippen molar-refractivity contribution in [2.75, 3.05) is 11.4 Å². The molecule has 1 aromatic rings. The number of nitro groups is 1. The Bertz CT molecular complexity index is 483. The number of anilines is 1. The molecule has 0 aromatic heterocycles. The average molecular weight is 247 g/mol. The van der Waals surface area contributed by atoms with Crippen LogP contribution in [0.3, 0.4) is 0 Å². The van der Waals surface area contributed by atoms with Gasteiger partial charge in [-0.25, -0.2) is 0 Å². The van der Waals surface area contributed by atoms with Gasteiger partial charge in [0, 0.05) is 42.0 Å². The number of hydrogen-bond donors (Lipinski definition) is 1. The van der Waals surface area contributed by atoms with Crippen LogP contribution >= 0.6 is 0 Å². The molecule has 0 spiro atoms. The van der Waals surface area contributed by atoms with Crippen LogP contribution in [0, 0.1) is 10.1 Å². The van der Waals surface area contributed by atoms with Crippen molar-refractivity contribution in [1.82, 2.24) is 0 Å². The van der Waals surface area contributed by atoms with Crippen LogP contribution in [0.2, 0.25) is 0 Å². The van der Waals surface area contributed by atoms with Crippen molar-refractivity contribution in [1.29, 1.82) is 0 Å². The Morgan fingerprint density at radius 2 is 2.06 bits per heavy atom. The molecule has 0 saturated heterocycles. The van der Waals surface area contributed by atoms with E-state index < -0.39 is 0 Å². The minimum atomic E-state index is -0.356. The van der Waals surface area contributed by atoms with E-state index in [0.717, 1.165) is 17.8 Å². The molecule has 18 heavy (non-hydrogen) atoms. The molecular weight excluding hydrogens is 230 g/mol. The van der Waals surface area contributed by atoms with Gasteiger partial charge in [0.15, 0.2) is 0 Å². The number of nitrogens with two attached hydrogens (primary N) is 1. The topological polar surface area (TPSA) is 72.4 Å². The molecule has 1 saturated carbocycles. The van der Waals surface area contributed by atoms with Gasteiger partial charge in [-0.1, -0.05) is 12.8 Å². The van der Waals surface area contributed by atoms with Crippen molar-refractivity contribution in [2.45, 2.75) is 37.8 Å². The normalized spacial score (nSPS) is 23.4. The number of hydrogen-bond acceptors (Lipinski definition) is 4. The quantitative estimate of drug-likeness (QED) is 0.643. The zero-order chi connectivity index (χ0) is 12.7. The van der Waals surface area contributed by atoms with Crippen LogP contribution in [0.4, 0.5) is 11.4 Å². The molecule has 96 valence electrons. The first-order valence-electron chi connectivity index (χ1n) is 6.47. The minimum absolute atomic E-state index is 0.0968. The lowest BCUT2D eigenvalue weighted by Crippen LogP contribution is -2.33. The second-order valence-electron chi connectivity index (χ2n) is 5.20. The number of benzene rings is 1. The summed E-state index contributed by atoms with van der Waals surface area (Å²) in [6.45, 7) is 0.793. The number of non-ortho nitro benzene ring substituents is 1. The molecule has 3 rings (SSSR count). The van der Waals surface area contributed by atoms with E-state index >= 15 is 0 Å². The van der Waals surface area contributed by atoms with Gasteiger partial charge in [-0.05, 0) is 18.9 Å². The van der Waals surface area contributed by atoms with Crippen molar-refractivity contribution >= 4 is 11.4 Å². The van der Waals surface area contributed by atoms with E-state index in [2.05, 4.69) is 4.90 Å². The second-order valence-corrected chi connectivity index (χ2v) is 5.20. The molecule has 0 bridgehead atoms. The number of fused-ring (bicyclic) bond motifs is 1. The summed E-state index contributed by atoms with van der Waals surface area (Å²) >= 11 is 0. The fourth-order valence-electron chi connectivity index (χ4n) is 3.18. The molecule has 5 nitrogen and oxygen atoms in total. The third-order valence-electron chi connectivity index (χ3n) is 4.09. The van der Waals surface area contributed by atoms with Crippen LogP contribution in [0.25, 0.3) is 0 Å². The summed E-state index contributed by atoms with van der Waals surface area (Å²) in [5, 5.41) is 10.8. The Hall–Kier alpha value is -1.62. The van der Waals surface area contributed by atoms with Crippen LogP contribution in [0.1, 0.15) is 37.3 Å². The second kappa shape index (κ2) is 4.24. The largest absolute Gasteiger partial charge is 0.366 e. The predicted octanol–water partition coefficient (Wildman–Crippen LogP) is 2.36. The van der Waals surface area contributed by atoms with Crippen molar-refractivity contribution in [3.05, 3.63) is 33.9 Å². The van der Waals surface area contributed by atoms with Crippen LogP contribution < -0.4 is 10.6 Å². The van der Waals surface area contributed by atoms with E-state index in [9.17, 15) is 10.1 Å². The molecular formula is C13H17N3O2. The first-order valence-corrected chi connectivity index (χ1v) is 6.47. The molecule has 1 atom stereocenters. The lowest BCUT2D eigenvalue weighted by molar-refractivity contribution is -0.384. The van der Waals surface area contributed by atoms with Gasteiger partial charge in [0.1, 0.15) is 0 Å². The van der Waals surface area contributed by atoms with Gasteiger partial charge in [-0.3, -0.25) is 10.1 Å². The van der Waals surface area contributed by atoms with Crippen molar-refractivity contribution in [2.24, 2.45) is 5.73 Å². The number of rotatable bonds is 2. The fraction of sp³-hybridized carbons (Fsp3) is 0.538. The van der Waals surface area contributed by atoms with Crippen LogP contribution in [-0.4, -0.2) is 17.5 Å². The molecule has 5 heteroatoms. The Morgan fingerprint density at radius 3 is 2.72 bits per heavy atom. The van der Waals surface area contributed by atoms with Crippen LogP contribution in [-0.2, 0) is 0 Å². The Kier molecular flexibility index (Phi) is 2.70. The average Bonchev–Trinajstić information content (AvgIpc) is 2.97. The fourth-order valence-corrected chi connectivity index (χ4v) is 3.18. The third-order valence-corrected chi connectivity index (χ3v) is 4.09. The van der Waals surface area contributed by atoms with Crippen molar-refractivity contribution in [3.63, 3.8) is 0 Å². The highest BCUT2D eigenvalue weighted by Crippen LogP contribution is 2.40. The summed E-state index contributed by atoms with van der Waals surface area (Å²) in [6, 6.07) is 5.55. The van der Waals surface area contributed by atoms with E-state index in [-0.39, 0.29) is 16.7 Å². The van der Waals surface area contributed by atoms with E-state index in [4.69, 9.17) is 5.73 Å². The van der Waals surface area contributed by atoms with Gasteiger partial charge in [0.05, 0.1) is 4.92 Å².